The van der Waals surface area contributed by atoms with Gasteiger partial charge in [-0.15, -0.1) is 0 Å². The summed E-state index contributed by atoms with van der Waals surface area (Å²) in [6.45, 7) is 4.67. The molecule has 20 heavy (non-hydrogen) atoms. The summed E-state index contributed by atoms with van der Waals surface area (Å²) in [7, 11) is 0. The van der Waals surface area contributed by atoms with Crippen molar-refractivity contribution in [2.24, 2.45) is 17.8 Å². The average molecular weight is 278 g/mol. The van der Waals surface area contributed by atoms with E-state index in [2.05, 4.69) is 13.8 Å². The molecule has 0 bridgehead atoms. The van der Waals surface area contributed by atoms with Gasteiger partial charge in [0.2, 0.25) is 0 Å². The Morgan fingerprint density at radius 3 is 2.00 bits per heavy atom. The molecule has 0 N–H and O–H groups in total. The second kappa shape index (κ2) is 9.11. The molecule has 2 aliphatic carbocycles. The fourth-order valence-corrected chi connectivity index (χ4v) is 4.75. The number of rotatable bonds is 7. The summed E-state index contributed by atoms with van der Waals surface area (Å²) in [5, 5.41) is 0. The van der Waals surface area contributed by atoms with Crippen LogP contribution < -0.4 is 0 Å². The molecular formula is C20H37. The maximum Gasteiger partial charge on any atom is -0.0241 e. The summed E-state index contributed by atoms with van der Waals surface area (Å²) in [6, 6.07) is 0. The molecule has 0 heteroatoms. The second-order valence-electron chi connectivity index (χ2n) is 7.61. The summed E-state index contributed by atoms with van der Waals surface area (Å²) in [5.74, 6) is 5.18. The van der Waals surface area contributed by atoms with Crippen LogP contribution in [0, 0.1) is 23.7 Å². The van der Waals surface area contributed by atoms with Crippen LogP contribution in [0.25, 0.3) is 0 Å². The van der Waals surface area contributed by atoms with E-state index in [1.807, 2.05) is 5.92 Å². The van der Waals surface area contributed by atoms with E-state index >= 15 is 0 Å². The number of hydrogen-bond acceptors (Lipinski definition) is 0. The molecule has 2 rings (SSSR count). The van der Waals surface area contributed by atoms with E-state index < -0.39 is 0 Å². The van der Waals surface area contributed by atoms with Crippen molar-refractivity contribution in [1.82, 2.24) is 0 Å². The van der Waals surface area contributed by atoms with Crippen LogP contribution in [0.2, 0.25) is 0 Å². The third-order valence-electron chi connectivity index (χ3n) is 6.13. The third-order valence-corrected chi connectivity index (χ3v) is 6.13. The highest BCUT2D eigenvalue weighted by atomic mass is 14.4. The SMILES string of the molecule is CCCCC[C]1CCC(C2CCC(CCC)CC2)CC1. The first-order valence-corrected chi connectivity index (χ1v) is 9.67. The molecule has 0 nitrogen and oxygen atoms in total. The molecule has 1 radical (unpaired) electrons. The van der Waals surface area contributed by atoms with E-state index in [4.69, 9.17) is 0 Å². The van der Waals surface area contributed by atoms with Crippen LogP contribution in [-0.4, -0.2) is 0 Å². The van der Waals surface area contributed by atoms with Crippen molar-refractivity contribution < 1.29 is 0 Å². The van der Waals surface area contributed by atoms with E-state index in [1.54, 1.807) is 25.7 Å². The molecule has 2 fully saturated rings. The molecule has 0 spiro atoms. The average Bonchev–Trinajstić information content (AvgIpc) is 2.49. The lowest BCUT2D eigenvalue weighted by Gasteiger charge is -2.37. The lowest BCUT2D eigenvalue weighted by atomic mass is 9.68. The van der Waals surface area contributed by atoms with Crippen molar-refractivity contribution in [2.75, 3.05) is 0 Å². The maximum absolute atomic E-state index is 2.35. The number of hydrogen-bond donors (Lipinski definition) is 0. The standard InChI is InChI=1S/C20H37/c1-3-5-6-8-18-11-15-20(16-12-18)19-13-9-17(7-4-2)10-14-19/h17,19-20H,3-16H2,1-2H3. The molecule has 0 aliphatic heterocycles. The third kappa shape index (κ3) is 5.08. The van der Waals surface area contributed by atoms with Gasteiger partial charge >= 0.3 is 0 Å². The summed E-state index contributed by atoms with van der Waals surface area (Å²) in [5.41, 5.74) is 0. The van der Waals surface area contributed by atoms with Crippen molar-refractivity contribution in [2.45, 2.75) is 104 Å². The molecule has 2 saturated carbocycles. The van der Waals surface area contributed by atoms with Crippen molar-refractivity contribution in [3.05, 3.63) is 5.92 Å². The van der Waals surface area contributed by atoms with Gasteiger partial charge in [-0.05, 0) is 68.6 Å². The molecular weight excluding hydrogens is 240 g/mol. The van der Waals surface area contributed by atoms with Crippen LogP contribution >= 0.6 is 0 Å². The van der Waals surface area contributed by atoms with Crippen LogP contribution in [0.15, 0.2) is 0 Å². The van der Waals surface area contributed by atoms with Gasteiger partial charge in [0.05, 0.1) is 0 Å². The van der Waals surface area contributed by atoms with E-state index in [9.17, 15) is 0 Å². The van der Waals surface area contributed by atoms with Crippen molar-refractivity contribution in [3.63, 3.8) is 0 Å². The summed E-state index contributed by atoms with van der Waals surface area (Å²) < 4.78 is 0. The zero-order chi connectivity index (χ0) is 14.2. The van der Waals surface area contributed by atoms with Gasteiger partial charge in [-0.25, -0.2) is 0 Å². The minimum Gasteiger partial charge on any atom is -0.0654 e. The van der Waals surface area contributed by atoms with Gasteiger partial charge in [0.15, 0.2) is 0 Å². The molecule has 2 aliphatic rings. The number of unbranched alkanes of at least 4 members (excludes halogenated alkanes) is 2. The zero-order valence-corrected chi connectivity index (χ0v) is 14.1. The highest BCUT2D eigenvalue weighted by molar-refractivity contribution is 4.96. The van der Waals surface area contributed by atoms with Crippen molar-refractivity contribution >= 4 is 0 Å². The molecule has 0 aromatic heterocycles. The summed E-state index contributed by atoms with van der Waals surface area (Å²) >= 11 is 0. The largest absolute Gasteiger partial charge is 0.0654 e. The lowest BCUT2D eigenvalue weighted by molar-refractivity contribution is 0.166. The monoisotopic (exact) mass is 277 g/mol. The Kier molecular flexibility index (Phi) is 7.45. The Labute approximate surface area is 128 Å². The van der Waals surface area contributed by atoms with Gasteiger partial charge in [0.1, 0.15) is 0 Å². The fraction of sp³-hybridized carbons (Fsp3) is 0.950. The zero-order valence-electron chi connectivity index (χ0n) is 14.1. The van der Waals surface area contributed by atoms with Crippen LogP contribution in [0.5, 0.6) is 0 Å². The normalized spacial score (nSPS) is 29.7. The van der Waals surface area contributed by atoms with E-state index in [1.165, 1.54) is 64.2 Å². The Hall–Kier alpha value is 0. The maximum atomic E-state index is 2.35. The van der Waals surface area contributed by atoms with Gasteiger partial charge < -0.3 is 0 Å². The van der Waals surface area contributed by atoms with E-state index in [0.717, 1.165) is 17.8 Å². The topological polar surface area (TPSA) is 0 Å². The minimum absolute atomic E-state index is 1.08. The molecule has 0 unspecified atom stereocenters. The van der Waals surface area contributed by atoms with Crippen molar-refractivity contribution in [1.29, 1.82) is 0 Å². The Morgan fingerprint density at radius 1 is 0.750 bits per heavy atom. The van der Waals surface area contributed by atoms with Crippen LogP contribution in [0.3, 0.4) is 0 Å². The highest BCUT2D eigenvalue weighted by Crippen LogP contribution is 2.43. The Balaban J connectivity index is 1.62. The van der Waals surface area contributed by atoms with Gasteiger partial charge in [-0.1, -0.05) is 58.8 Å². The molecule has 0 aromatic carbocycles. The first kappa shape index (κ1) is 16.4. The van der Waals surface area contributed by atoms with Crippen LogP contribution in [0.1, 0.15) is 104 Å². The molecule has 0 atom stereocenters. The predicted octanol–water partition coefficient (Wildman–Crippen LogP) is 6.94. The summed E-state index contributed by atoms with van der Waals surface area (Å²) in [6.07, 6.45) is 20.8. The van der Waals surface area contributed by atoms with Gasteiger partial charge in [-0.2, -0.15) is 0 Å². The Bertz CT molecular complexity index is 228. The lowest BCUT2D eigenvalue weighted by Crippen LogP contribution is -2.25. The first-order chi connectivity index (χ1) is 9.83. The quantitative estimate of drug-likeness (QED) is 0.442. The predicted molar refractivity (Wildman–Crippen MR) is 89.7 cm³/mol. The second-order valence-corrected chi connectivity index (χ2v) is 7.61. The molecule has 0 heterocycles. The highest BCUT2D eigenvalue weighted by Gasteiger charge is 2.30. The Morgan fingerprint density at radius 2 is 1.40 bits per heavy atom. The summed E-state index contributed by atoms with van der Waals surface area (Å²) in [4.78, 5) is 0. The van der Waals surface area contributed by atoms with E-state index in [-0.39, 0.29) is 0 Å². The first-order valence-electron chi connectivity index (χ1n) is 9.67. The van der Waals surface area contributed by atoms with Gasteiger partial charge in [0.25, 0.3) is 0 Å². The molecule has 0 aromatic rings. The molecule has 117 valence electrons. The molecule has 0 saturated heterocycles. The van der Waals surface area contributed by atoms with Crippen LogP contribution in [-0.2, 0) is 0 Å². The van der Waals surface area contributed by atoms with E-state index in [0.29, 0.717) is 0 Å². The van der Waals surface area contributed by atoms with Gasteiger partial charge in [-0.3, -0.25) is 0 Å². The van der Waals surface area contributed by atoms with Gasteiger partial charge in [0, 0.05) is 0 Å². The van der Waals surface area contributed by atoms with Crippen molar-refractivity contribution in [3.8, 4) is 0 Å². The minimum atomic E-state index is 1.08. The molecule has 0 amide bonds. The fourth-order valence-electron chi connectivity index (χ4n) is 4.75. The smallest absolute Gasteiger partial charge is 0.0241 e. The van der Waals surface area contributed by atoms with Crippen LogP contribution in [0.4, 0.5) is 0 Å².